The largest absolute Gasteiger partial charge is 0.394 e. The molecule has 0 bridgehead atoms. The summed E-state index contributed by atoms with van der Waals surface area (Å²) in [5.74, 6) is -0.184. The van der Waals surface area contributed by atoms with E-state index in [1.807, 2.05) is 43.3 Å². The fourth-order valence-electron chi connectivity index (χ4n) is 1.76. The molecule has 2 N–H and O–H groups in total. The van der Waals surface area contributed by atoms with Gasteiger partial charge < -0.3 is 10.4 Å². The zero-order valence-electron chi connectivity index (χ0n) is 10.4. The summed E-state index contributed by atoms with van der Waals surface area (Å²) in [7, 11) is 0. The van der Waals surface area contributed by atoms with Gasteiger partial charge in [-0.15, -0.1) is 11.3 Å². The zero-order valence-corrected chi connectivity index (χ0v) is 12.8. The average Bonchev–Trinajstić information content (AvgIpc) is 2.86. The first-order chi connectivity index (χ1) is 9.05. The number of amides is 1. The lowest BCUT2D eigenvalue weighted by Gasteiger charge is -2.29. The van der Waals surface area contributed by atoms with E-state index in [0.29, 0.717) is 4.88 Å². The maximum absolute atomic E-state index is 12.2. The number of nitrogens with one attached hydrogen (secondary N) is 1. The molecule has 0 fully saturated rings. The second-order valence-electron chi connectivity index (χ2n) is 4.41. The first kappa shape index (κ1) is 14.2. The molecular formula is C14H14BrNO2S. The van der Waals surface area contributed by atoms with Crippen molar-refractivity contribution < 1.29 is 9.90 Å². The van der Waals surface area contributed by atoms with E-state index < -0.39 is 5.54 Å². The molecule has 100 valence electrons. The monoisotopic (exact) mass is 339 g/mol. The smallest absolute Gasteiger partial charge is 0.262 e. The lowest BCUT2D eigenvalue weighted by atomic mass is 9.93. The van der Waals surface area contributed by atoms with Gasteiger partial charge in [0.25, 0.3) is 5.91 Å². The van der Waals surface area contributed by atoms with Crippen molar-refractivity contribution in [2.24, 2.45) is 0 Å². The van der Waals surface area contributed by atoms with Gasteiger partial charge in [-0.05, 0) is 40.5 Å². The molecule has 0 aliphatic heterocycles. The Balaban J connectivity index is 2.22. The summed E-state index contributed by atoms with van der Waals surface area (Å²) in [4.78, 5) is 12.8. The van der Waals surface area contributed by atoms with E-state index in [-0.39, 0.29) is 12.5 Å². The molecule has 0 saturated heterocycles. The predicted molar refractivity (Wildman–Crippen MR) is 80.4 cm³/mol. The summed E-state index contributed by atoms with van der Waals surface area (Å²) in [6.45, 7) is 1.65. The number of hydrogen-bond donors (Lipinski definition) is 2. The summed E-state index contributed by atoms with van der Waals surface area (Å²) >= 11 is 4.70. The second-order valence-corrected chi connectivity index (χ2v) is 6.88. The van der Waals surface area contributed by atoms with Crippen LogP contribution in [0.25, 0.3) is 0 Å². The quantitative estimate of drug-likeness (QED) is 0.898. The van der Waals surface area contributed by atoms with Crippen LogP contribution in [0.1, 0.15) is 22.2 Å². The fourth-order valence-corrected chi connectivity index (χ4v) is 3.04. The van der Waals surface area contributed by atoms with Gasteiger partial charge in [0.05, 0.1) is 20.8 Å². The topological polar surface area (TPSA) is 49.3 Å². The van der Waals surface area contributed by atoms with Crippen LogP contribution >= 0.6 is 27.3 Å². The number of aliphatic hydroxyl groups is 1. The van der Waals surface area contributed by atoms with Gasteiger partial charge in [-0.2, -0.15) is 0 Å². The molecule has 2 aromatic rings. The molecule has 2 rings (SSSR count). The minimum atomic E-state index is -0.783. The molecular weight excluding hydrogens is 326 g/mol. The van der Waals surface area contributed by atoms with Gasteiger partial charge in [-0.1, -0.05) is 30.3 Å². The lowest BCUT2D eigenvalue weighted by molar-refractivity contribution is 0.0854. The highest BCUT2D eigenvalue weighted by Gasteiger charge is 2.28. The van der Waals surface area contributed by atoms with E-state index in [9.17, 15) is 9.90 Å². The van der Waals surface area contributed by atoms with E-state index in [0.717, 1.165) is 9.35 Å². The number of rotatable bonds is 4. The molecule has 19 heavy (non-hydrogen) atoms. The first-order valence-electron chi connectivity index (χ1n) is 5.79. The van der Waals surface area contributed by atoms with Crippen LogP contribution in [0.2, 0.25) is 0 Å². The first-order valence-corrected chi connectivity index (χ1v) is 7.40. The van der Waals surface area contributed by atoms with E-state index in [2.05, 4.69) is 21.2 Å². The van der Waals surface area contributed by atoms with Crippen LogP contribution in [0.4, 0.5) is 0 Å². The fraction of sp³-hybridized carbons (Fsp3) is 0.214. The van der Waals surface area contributed by atoms with Gasteiger partial charge in [0.15, 0.2) is 0 Å². The molecule has 1 aromatic carbocycles. The van der Waals surface area contributed by atoms with Gasteiger partial charge >= 0.3 is 0 Å². The Morgan fingerprint density at radius 2 is 2.00 bits per heavy atom. The Hall–Kier alpha value is -1.17. The number of carbonyl (C=O) groups excluding carboxylic acids is 1. The standard InChI is InChI=1S/C14H14BrNO2S/c1-14(9-17,10-5-3-2-4-6-10)16-13(18)11-7-8-12(15)19-11/h2-8,17H,9H2,1H3,(H,16,18). The van der Waals surface area contributed by atoms with Crippen molar-refractivity contribution >= 4 is 33.2 Å². The third-order valence-electron chi connectivity index (χ3n) is 2.91. The Kier molecular flexibility index (Phi) is 4.39. The van der Waals surface area contributed by atoms with Crippen molar-refractivity contribution in [3.63, 3.8) is 0 Å². The summed E-state index contributed by atoms with van der Waals surface area (Å²) in [6.07, 6.45) is 0. The normalized spacial score (nSPS) is 13.8. The highest BCUT2D eigenvalue weighted by atomic mass is 79.9. The highest BCUT2D eigenvalue weighted by Crippen LogP contribution is 2.25. The van der Waals surface area contributed by atoms with Crippen molar-refractivity contribution in [3.8, 4) is 0 Å². The number of carbonyl (C=O) groups is 1. The van der Waals surface area contributed by atoms with Crippen LogP contribution in [0, 0.1) is 0 Å². The maximum atomic E-state index is 12.2. The third kappa shape index (κ3) is 3.23. The van der Waals surface area contributed by atoms with Crippen molar-refractivity contribution in [2.45, 2.75) is 12.5 Å². The van der Waals surface area contributed by atoms with Gasteiger partial charge in [0.1, 0.15) is 0 Å². The Morgan fingerprint density at radius 3 is 2.53 bits per heavy atom. The van der Waals surface area contributed by atoms with Crippen molar-refractivity contribution in [2.75, 3.05) is 6.61 Å². The summed E-state index contributed by atoms with van der Waals surface area (Å²) < 4.78 is 0.906. The van der Waals surface area contributed by atoms with Gasteiger partial charge in [-0.25, -0.2) is 0 Å². The molecule has 1 unspecified atom stereocenters. The predicted octanol–water partition coefficient (Wildman–Crippen LogP) is 3.15. The van der Waals surface area contributed by atoms with Crippen molar-refractivity contribution in [1.29, 1.82) is 0 Å². The Bertz CT molecular complexity index is 570. The molecule has 1 aromatic heterocycles. The minimum absolute atomic E-state index is 0.157. The van der Waals surface area contributed by atoms with E-state index >= 15 is 0 Å². The van der Waals surface area contributed by atoms with Crippen LogP contribution < -0.4 is 5.32 Å². The number of aliphatic hydroxyl groups excluding tert-OH is 1. The number of thiophene rings is 1. The highest BCUT2D eigenvalue weighted by molar-refractivity contribution is 9.11. The van der Waals surface area contributed by atoms with Crippen molar-refractivity contribution in [3.05, 3.63) is 56.7 Å². The van der Waals surface area contributed by atoms with Crippen LogP contribution in [-0.4, -0.2) is 17.6 Å². The zero-order chi connectivity index (χ0) is 13.9. The second kappa shape index (κ2) is 5.86. The van der Waals surface area contributed by atoms with E-state index in [1.165, 1.54) is 11.3 Å². The van der Waals surface area contributed by atoms with Gasteiger partial charge in [-0.3, -0.25) is 4.79 Å². The Labute approximate surface area is 124 Å². The summed E-state index contributed by atoms with van der Waals surface area (Å²) in [5.41, 5.74) is 0.0934. The Morgan fingerprint density at radius 1 is 1.32 bits per heavy atom. The average molecular weight is 340 g/mol. The molecule has 0 saturated carbocycles. The van der Waals surface area contributed by atoms with E-state index in [1.54, 1.807) is 6.07 Å². The number of halogens is 1. The van der Waals surface area contributed by atoms with Crippen LogP contribution in [0.3, 0.4) is 0 Å². The minimum Gasteiger partial charge on any atom is -0.394 e. The molecule has 1 amide bonds. The molecule has 0 radical (unpaired) electrons. The van der Waals surface area contributed by atoms with Crippen LogP contribution in [0.5, 0.6) is 0 Å². The van der Waals surface area contributed by atoms with Gasteiger partial charge in [0, 0.05) is 0 Å². The number of benzene rings is 1. The lowest BCUT2D eigenvalue weighted by Crippen LogP contribution is -2.46. The van der Waals surface area contributed by atoms with Crippen LogP contribution in [-0.2, 0) is 5.54 Å². The van der Waals surface area contributed by atoms with Gasteiger partial charge in [0.2, 0.25) is 0 Å². The molecule has 0 spiro atoms. The third-order valence-corrected chi connectivity index (χ3v) is 4.54. The van der Waals surface area contributed by atoms with E-state index in [4.69, 9.17) is 0 Å². The summed E-state index contributed by atoms with van der Waals surface area (Å²) in [5, 5.41) is 12.5. The molecule has 1 heterocycles. The molecule has 3 nitrogen and oxygen atoms in total. The maximum Gasteiger partial charge on any atom is 0.262 e. The van der Waals surface area contributed by atoms with Crippen LogP contribution in [0.15, 0.2) is 46.3 Å². The number of hydrogen-bond acceptors (Lipinski definition) is 3. The molecule has 0 aliphatic carbocycles. The van der Waals surface area contributed by atoms with Crippen molar-refractivity contribution in [1.82, 2.24) is 5.32 Å². The molecule has 5 heteroatoms. The summed E-state index contributed by atoms with van der Waals surface area (Å²) in [6, 6.07) is 13.0. The SMILES string of the molecule is CC(CO)(NC(=O)c1ccc(Br)s1)c1ccccc1. The molecule has 0 aliphatic rings. The molecule has 1 atom stereocenters.